The average Bonchev–Trinajstić information content (AvgIpc) is 1.31. The van der Waals surface area contributed by atoms with Gasteiger partial charge in [0.25, 0.3) is 0 Å². The van der Waals surface area contributed by atoms with Crippen molar-refractivity contribution in [1.82, 2.24) is 53.9 Å². The van der Waals surface area contributed by atoms with Gasteiger partial charge in [0, 0.05) is 172 Å². The highest BCUT2D eigenvalue weighted by atomic mass is 16.5. The summed E-state index contributed by atoms with van der Waals surface area (Å²) in [4.78, 5) is 81.5. The molecule has 0 atom stereocenters. The number of amides is 5. The first-order valence-electron chi connectivity index (χ1n) is 37.8. The number of ketones is 1. The second-order valence-electron chi connectivity index (χ2n) is 31.7. The fraction of sp³-hybridized carbons (Fsp3) is 0.934. The number of hydrogen-bond acceptors (Lipinski definition) is 13. The average molecular weight is 1320 g/mol. The molecule has 0 N–H and O–H groups in total. The number of Topliss-reactive ketones (excluding diaryl/α,β-unsaturated/α-hetero) is 1. The Morgan fingerprint density at radius 2 is 0.667 bits per heavy atom. The molecule has 8 saturated heterocycles. The van der Waals surface area contributed by atoms with Crippen molar-refractivity contribution in [3.8, 4) is 0 Å². The largest absolute Gasteiger partial charge is 0.379 e. The van der Waals surface area contributed by atoms with Crippen LogP contribution in [0.3, 0.4) is 0 Å². The highest BCUT2D eigenvalue weighted by Gasteiger charge is 2.35. The topological polar surface area (TPSA) is 130 Å². The molecule has 0 saturated carbocycles. The Hall–Kier alpha value is -2.77. The van der Waals surface area contributed by atoms with Crippen molar-refractivity contribution < 1.29 is 28.7 Å². The van der Waals surface area contributed by atoms with E-state index < -0.39 is 0 Å². The molecule has 0 bridgehead atoms. The molecule has 8 aliphatic heterocycles. The first-order chi connectivity index (χ1) is 43.3. The lowest BCUT2D eigenvalue weighted by Gasteiger charge is -2.38. The monoisotopic (exact) mass is 1320 g/mol. The number of hydrogen-bond donors (Lipinski definition) is 0. The maximum atomic E-state index is 11.7. The Labute approximate surface area is 575 Å². The Kier molecular flexibility index (Phi) is 47.4. The van der Waals surface area contributed by atoms with E-state index in [0.29, 0.717) is 61.3 Å². The zero-order valence-electron chi connectivity index (χ0n) is 66.3. The highest BCUT2D eigenvalue weighted by molar-refractivity contribution is 5.98. The number of rotatable bonds is 12. The molecule has 8 rings (SSSR count). The number of piperidine rings is 3. The lowest BCUT2D eigenvalue weighted by molar-refractivity contribution is -0.153. The van der Waals surface area contributed by atoms with Gasteiger partial charge in [0.05, 0.1) is 19.8 Å². The predicted molar refractivity (Wildman–Crippen MR) is 395 cm³/mol. The normalized spacial score (nSPS) is 21.0. The Morgan fingerprint density at radius 1 is 0.323 bits per heavy atom. The van der Waals surface area contributed by atoms with E-state index in [0.717, 1.165) is 127 Å². The van der Waals surface area contributed by atoms with Gasteiger partial charge in [0.15, 0.2) is 0 Å². The summed E-state index contributed by atoms with van der Waals surface area (Å²) in [6, 6.07) is 5.61. The van der Waals surface area contributed by atoms with Crippen LogP contribution in [0.4, 0.5) is 4.79 Å². The Morgan fingerprint density at radius 3 is 0.978 bits per heavy atom. The van der Waals surface area contributed by atoms with Crippen LogP contribution in [0.15, 0.2) is 0 Å². The van der Waals surface area contributed by atoms with Crippen LogP contribution in [-0.4, -0.2) is 275 Å². The molecule has 0 aliphatic carbocycles. The number of carbonyl (C=O) groups is 5. The number of ether oxygens (including phenoxy) is 1. The van der Waals surface area contributed by atoms with Gasteiger partial charge in [-0.2, -0.15) is 0 Å². The summed E-state index contributed by atoms with van der Waals surface area (Å²) >= 11 is 0. The van der Waals surface area contributed by atoms with Crippen LogP contribution in [-0.2, 0) is 23.9 Å². The molecule has 0 aromatic rings. The summed E-state index contributed by atoms with van der Waals surface area (Å²) in [5.74, 6) is 4.05. The minimum Gasteiger partial charge on any atom is -0.379 e. The van der Waals surface area contributed by atoms with Gasteiger partial charge in [0.2, 0.25) is 17.7 Å². The van der Waals surface area contributed by atoms with Crippen LogP contribution in [0.2, 0.25) is 0 Å². The molecule has 0 aromatic carbocycles. The minimum atomic E-state index is -0.00468. The van der Waals surface area contributed by atoms with E-state index >= 15 is 0 Å². The second kappa shape index (κ2) is 48.9. The van der Waals surface area contributed by atoms with E-state index in [2.05, 4.69) is 207 Å². The van der Waals surface area contributed by atoms with Crippen molar-refractivity contribution in [2.24, 2.45) is 29.6 Å². The summed E-state index contributed by atoms with van der Waals surface area (Å²) in [6.07, 6.45) is 9.34. The van der Waals surface area contributed by atoms with Crippen molar-refractivity contribution in [3.63, 3.8) is 0 Å². The van der Waals surface area contributed by atoms with Gasteiger partial charge in [-0.3, -0.25) is 43.7 Å². The van der Waals surface area contributed by atoms with Crippen molar-refractivity contribution in [1.29, 1.82) is 0 Å². The molecule has 93 heavy (non-hydrogen) atoms. The quantitative estimate of drug-likeness (QED) is 0.172. The Balaban J connectivity index is 0.00000104. The van der Waals surface area contributed by atoms with Crippen molar-refractivity contribution in [2.75, 3.05) is 132 Å². The molecule has 5 amide bonds. The third kappa shape index (κ3) is 38.3. The first-order valence-corrected chi connectivity index (χ1v) is 37.8. The third-order valence-electron chi connectivity index (χ3n) is 19.4. The Bertz CT molecular complexity index is 1860. The molecule has 550 valence electrons. The standard InChI is InChI=1S/C11H19NO2.C11H23N.C10H20N2O.C10H22N2.C8H16N2O.C8H15NO.C7H15NO.C7H15N.C4H10/c1-7(2)9-5-10(13)12(8(3)4)11(14)6-9;1-9(2)11-5-7-12(8-6-11)10(3)4;1-8(2)11-5-6-12(9(3)4)10(13)7-11;1-9(2)11-5-7-12(8-6-11)10(3)4;1-7(2)10-6-4-5-9(3)8(10)11;1-7(2)9-5-3-8(10)4-6-9;1-7(2)8-3-5-9-6-4-8;1-7(2)8-5-3-4-6-8;1-4(2)3/h7-9H,5-6H2,1-4H3;9-11H,5-8H2,1-4H3;8-9H,5-7H2,1-4H3;9-10H,5-8H2,1-4H3;7H,4-6H2,1-3H3;7H,3-6H2,1-2H3;7H,3-6H2,1-2H3;7H,3-6H2,1-2H3;4H,1-3H3. The third-order valence-corrected chi connectivity index (χ3v) is 19.4. The maximum absolute atomic E-state index is 11.7. The molecule has 0 spiro atoms. The van der Waals surface area contributed by atoms with E-state index in [1.807, 2.05) is 30.7 Å². The molecule has 8 heterocycles. The van der Waals surface area contributed by atoms with Crippen LogP contribution < -0.4 is 0 Å². The molecule has 0 unspecified atom stereocenters. The maximum Gasteiger partial charge on any atom is 0.319 e. The van der Waals surface area contributed by atoms with Gasteiger partial charge in [-0.15, -0.1) is 0 Å². The van der Waals surface area contributed by atoms with Crippen LogP contribution >= 0.6 is 0 Å². The fourth-order valence-electron chi connectivity index (χ4n) is 12.5. The van der Waals surface area contributed by atoms with E-state index in [9.17, 15) is 24.0 Å². The van der Waals surface area contributed by atoms with Gasteiger partial charge < -0.3 is 34.1 Å². The SMILES string of the molecule is CC(C)C.CC(C)C1CC(=O)N(C(C)C)C(=O)C1.CC(C)C1CCN(C(C)C)CC1.CC(C)N1CCC(=O)CC1.CC(C)N1CCCC1.CC(C)N1CCCN(C)C1=O.CC(C)N1CCN(C(C)C)C(=O)C1.CC(C)N1CCN(C(C)C)CC1.CC(C)N1CCOCC1. The van der Waals surface area contributed by atoms with Gasteiger partial charge in [-0.05, 0) is 226 Å². The van der Waals surface area contributed by atoms with Gasteiger partial charge >= 0.3 is 6.03 Å². The molecule has 0 aromatic heterocycles. The predicted octanol–water partition coefficient (Wildman–Crippen LogP) is 13.0. The number of carbonyl (C=O) groups excluding carboxylic acids is 5. The number of urea groups is 1. The van der Waals surface area contributed by atoms with Gasteiger partial charge in [-0.1, -0.05) is 48.5 Å². The summed E-state index contributed by atoms with van der Waals surface area (Å²) in [6.45, 7) is 79.3. The number of piperazine rings is 2. The molecule has 17 nitrogen and oxygen atoms in total. The van der Waals surface area contributed by atoms with Crippen LogP contribution in [0.25, 0.3) is 0 Å². The molecular formula is C76H155N11O6. The number of nitrogens with zero attached hydrogens (tertiary/aromatic N) is 11. The molecular weight excluding hydrogens is 1160 g/mol. The summed E-state index contributed by atoms with van der Waals surface area (Å²) in [5.41, 5.74) is 0. The van der Waals surface area contributed by atoms with Crippen LogP contribution in [0.5, 0.6) is 0 Å². The van der Waals surface area contributed by atoms with Crippen molar-refractivity contribution >= 4 is 29.5 Å². The highest BCUT2D eigenvalue weighted by Crippen LogP contribution is 2.28. The number of imide groups is 1. The van der Waals surface area contributed by atoms with Gasteiger partial charge in [-0.25, -0.2) is 4.79 Å². The van der Waals surface area contributed by atoms with Crippen LogP contribution in [0.1, 0.15) is 245 Å². The number of likely N-dealkylation sites (tertiary alicyclic amines) is 4. The molecule has 8 aliphatic rings. The molecule has 0 radical (unpaired) electrons. The lowest BCUT2D eigenvalue weighted by Crippen LogP contribution is -2.54. The molecule has 17 heteroatoms. The zero-order valence-corrected chi connectivity index (χ0v) is 66.3. The van der Waals surface area contributed by atoms with E-state index in [1.54, 1.807) is 4.90 Å². The molecule has 8 fully saturated rings. The van der Waals surface area contributed by atoms with Crippen molar-refractivity contribution in [2.45, 2.75) is 305 Å². The lowest BCUT2D eigenvalue weighted by atomic mass is 9.85. The smallest absolute Gasteiger partial charge is 0.319 e. The van der Waals surface area contributed by atoms with Crippen LogP contribution in [0, 0.1) is 29.6 Å². The van der Waals surface area contributed by atoms with E-state index in [4.69, 9.17) is 4.74 Å². The van der Waals surface area contributed by atoms with E-state index in [-0.39, 0.29) is 35.7 Å². The fourth-order valence-corrected chi connectivity index (χ4v) is 12.5. The first kappa shape index (κ1) is 90.2. The van der Waals surface area contributed by atoms with E-state index in [1.165, 1.54) is 82.9 Å². The minimum absolute atomic E-state index is 0.00288. The summed E-state index contributed by atoms with van der Waals surface area (Å²) in [5, 5.41) is 0. The zero-order chi connectivity index (χ0) is 71.4. The van der Waals surface area contributed by atoms with Gasteiger partial charge in [0.1, 0.15) is 5.78 Å². The summed E-state index contributed by atoms with van der Waals surface area (Å²) in [7, 11) is 1.86. The summed E-state index contributed by atoms with van der Waals surface area (Å²) < 4.78 is 5.21. The van der Waals surface area contributed by atoms with Crippen molar-refractivity contribution in [3.05, 3.63) is 0 Å². The second-order valence-corrected chi connectivity index (χ2v) is 31.7. The number of morpholine rings is 1.